The van der Waals surface area contributed by atoms with Gasteiger partial charge in [-0.25, -0.2) is 0 Å². The van der Waals surface area contributed by atoms with Crippen LogP contribution in [0, 0.1) is 0 Å². The summed E-state index contributed by atoms with van der Waals surface area (Å²) in [5.41, 5.74) is 6.68. The maximum Gasteiger partial charge on any atom is 0.252 e. The van der Waals surface area contributed by atoms with E-state index < -0.39 is 0 Å². The number of carbonyl (C=O) groups is 1. The molecule has 0 saturated carbocycles. The number of amides is 1. The van der Waals surface area contributed by atoms with Crippen molar-refractivity contribution in [1.82, 2.24) is 5.43 Å². The molecule has 0 fully saturated rings. The molecule has 1 aliphatic rings. The van der Waals surface area contributed by atoms with Crippen LogP contribution in [0.5, 0.6) is 5.75 Å². The normalized spacial score (nSPS) is 12.2. The summed E-state index contributed by atoms with van der Waals surface area (Å²) < 4.78 is 5.88. The van der Waals surface area contributed by atoms with Crippen LogP contribution in [0.15, 0.2) is 118 Å². The number of carbonyl (C=O) groups excluding carboxylic acids is 1. The summed E-state index contributed by atoms with van der Waals surface area (Å²) in [6.07, 6.45) is 1.69. The molecule has 0 radical (unpaired) electrons. The predicted octanol–water partition coefficient (Wildman–Crippen LogP) is 6.02. The Kier molecular flexibility index (Phi) is 6.59. The number of ether oxygens (including phenoxy) is 1. The minimum atomic E-state index is -0.0719. The third-order valence-electron chi connectivity index (χ3n) is 5.32. The fourth-order valence-electron chi connectivity index (χ4n) is 3.71. The van der Waals surface area contributed by atoms with Gasteiger partial charge in [0.25, 0.3) is 5.91 Å². The Morgan fingerprint density at radius 2 is 1.53 bits per heavy atom. The molecular weight excluding hydrogens is 442 g/mol. The number of anilines is 2. The molecule has 34 heavy (non-hydrogen) atoms. The molecule has 0 aliphatic carbocycles. The maximum atomic E-state index is 13.2. The van der Waals surface area contributed by atoms with Crippen LogP contribution in [-0.4, -0.2) is 18.7 Å². The lowest BCUT2D eigenvalue weighted by molar-refractivity contribution is -0.117. The van der Waals surface area contributed by atoms with Crippen molar-refractivity contribution in [3.8, 4) is 5.75 Å². The van der Waals surface area contributed by atoms with Crippen molar-refractivity contribution >= 4 is 35.3 Å². The second-order valence-corrected chi connectivity index (χ2v) is 8.79. The van der Waals surface area contributed by atoms with Gasteiger partial charge in [-0.3, -0.25) is 9.69 Å². The van der Waals surface area contributed by atoms with Gasteiger partial charge in [0, 0.05) is 9.79 Å². The topological polar surface area (TPSA) is 53.9 Å². The molecule has 1 aliphatic heterocycles. The fourth-order valence-corrected chi connectivity index (χ4v) is 4.77. The standard InChI is InChI=1S/C28H23N3O2S/c32-28(31-24-13-4-6-15-26(24)34-27-16-7-5-14-25(27)31)19-30-29-18-22-11-8-12-23(17-22)33-20-21-9-2-1-3-10-21/h1-18,30H,19-20H2/b29-18+. The van der Waals surface area contributed by atoms with Gasteiger partial charge in [-0.1, -0.05) is 78.5 Å². The van der Waals surface area contributed by atoms with E-state index in [0.717, 1.165) is 38.0 Å². The van der Waals surface area contributed by atoms with Gasteiger partial charge in [-0.05, 0) is 47.5 Å². The van der Waals surface area contributed by atoms with Crippen molar-refractivity contribution in [1.29, 1.82) is 0 Å². The SMILES string of the molecule is O=C(CN/N=C/c1cccc(OCc2ccccc2)c1)N1c2ccccc2Sc2ccccc21. The van der Waals surface area contributed by atoms with Crippen molar-refractivity contribution < 1.29 is 9.53 Å². The Morgan fingerprint density at radius 1 is 0.853 bits per heavy atom. The Bertz CT molecular complexity index is 1280. The number of fused-ring (bicyclic) bond motifs is 2. The zero-order valence-corrected chi connectivity index (χ0v) is 19.2. The van der Waals surface area contributed by atoms with Crippen LogP contribution in [0.2, 0.25) is 0 Å². The van der Waals surface area contributed by atoms with E-state index in [-0.39, 0.29) is 12.5 Å². The number of hydrazone groups is 1. The van der Waals surface area contributed by atoms with Crippen molar-refractivity contribution in [2.24, 2.45) is 5.10 Å². The van der Waals surface area contributed by atoms with Crippen LogP contribution in [0.1, 0.15) is 11.1 Å². The van der Waals surface area contributed by atoms with Crippen LogP contribution < -0.4 is 15.1 Å². The highest BCUT2D eigenvalue weighted by atomic mass is 32.2. The lowest BCUT2D eigenvalue weighted by Gasteiger charge is -2.30. The lowest BCUT2D eigenvalue weighted by Crippen LogP contribution is -2.35. The number of nitrogens with zero attached hydrogens (tertiary/aromatic N) is 2. The minimum Gasteiger partial charge on any atom is -0.489 e. The van der Waals surface area contributed by atoms with Gasteiger partial charge in [-0.2, -0.15) is 5.10 Å². The molecule has 4 aromatic rings. The van der Waals surface area contributed by atoms with E-state index in [4.69, 9.17) is 4.74 Å². The van der Waals surface area contributed by atoms with E-state index in [1.165, 1.54) is 0 Å². The van der Waals surface area contributed by atoms with Gasteiger partial charge in [0.05, 0.1) is 17.6 Å². The van der Waals surface area contributed by atoms with E-state index in [0.29, 0.717) is 6.61 Å². The van der Waals surface area contributed by atoms with Crippen LogP contribution in [-0.2, 0) is 11.4 Å². The van der Waals surface area contributed by atoms with Crippen molar-refractivity contribution in [3.63, 3.8) is 0 Å². The van der Waals surface area contributed by atoms with Gasteiger partial charge in [0.2, 0.25) is 0 Å². The maximum absolute atomic E-state index is 13.2. The van der Waals surface area contributed by atoms with Gasteiger partial charge in [0.1, 0.15) is 18.9 Å². The molecule has 5 nitrogen and oxygen atoms in total. The summed E-state index contributed by atoms with van der Waals surface area (Å²) in [7, 11) is 0. The first-order chi connectivity index (χ1) is 16.8. The van der Waals surface area contributed by atoms with E-state index in [1.807, 2.05) is 103 Å². The Hall–Kier alpha value is -4.03. The Morgan fingerprint density at radius 3 is 2.26 bits per heavy atom. The third kappa shape index (κ3) is 4.97. The lowest BCUT2D eigenvalue weighted by atomic mass is 10.2. The van der Waals surface area contributed by atoms with Gasteiger partial charge in [0.15, 0.2) is 0 Å². The van der Waals surface area contributed by atoms with Crippen molar-refractivity contribution in [2.45, 2.75) is 16.4 Å². The molecule has 168 valence electrons. The number of hydrogen-bond acceptors (Lipinski definition) is 5. The second kappa shape index (κ2) is 10.3. The van der Waals surface area contributed by atoms with Gasteiger partial charge < -0.3 is 10.2 Å². The zero-order chi connectivity index (χ0) is 23.2. The van der Waals surface area contributed by atoms with E-state index >= 15 is 0 Å². The summed E-state index contributed by atoms with van der Waals surface area (Å²) in [6.45, 7) is 0.583. The fraction of sp³-hybridized carbons (Fsp3) is 0.0714. The minimum absolute atomic E-state index is 0.0719. The molecule has 1 N–H and O–H groups in total. The second-order valence-electron chi connectivity index (χ2n) is 7.71. The third-order valence-corrected chi connectivity index (χ3v) is 6.45. The first kappa shape index (κ1) is 21.8. The number of nitrogens with one attached hydrogen (secondary N) is 1. The molecule has 1 amide bonds. The van der Waals surface area contributed by atoms with Crippen molar-refractivity contribution in [2.75, 3.05) is 11.4 Å². The molecule has 0 atom stereocenters. The molecule has 0 saturated heterocycles. The number of rotatable bonds is 7. The molecule has 0 spiro atoms. The molecule has 4 aromatic carbocycles. The average molecular weight is 466 g/mol. The van der Waals surface area contributed by atoms with E-state index in [9.17, 15) is 4.79 Å². The number of para-hydroxylation sites is 2. The first-order valence-electron chi connectivity index (χ1n) is 11.0. The molecule has 0 bridgehead atoms. The smallest absolute Gasteiger partial charge is 0.252 e. The Labute approximate surface area is 203 Å². The molecule has 1 heterocycles. The quantitative estimate of drug-likeness (QED) is 0.268. The largest absolute Gasteiger partial charge is 0.489 e. The van der Waals surface area contributed by atoms with E-state index in [1.54, 1.807) is 22.9 Å². The van der Waals surface area contributed by atoms with Crippen LogP contribution in [0.3, 0.4) is 0 Å². The summed E-state index contributed by atoms with van der Waals surface area (Å²) in [5.74, 6) is 0.695. The predicted molar refractivity (Wildman–Crippen MR) is 137 cm³/mol. The summed E-state index contributed by atoms with van der Waals surface area (Å²) >= 11 is 1.68. The van der Waals surface area contributed by atoms with E-state index in [2.05, 4.69) is 10.5 Å². The first-order valence-corrected chi connectivity index (χ1v) is 11.8. The van der Waals surface area contributed by atoms with Crippen LogP contribution in [0.4, 0.5) is 11.4 Å². The molecule has 6 heteroatoms. The summed E-state index contributed by atoms with van der Waals surface area (Å²) in [5, 5.41) is 4.26. The monoisotopic (exact) mass is 465 g/mol. The highest BCUT2D eigenvalue weighted by Gasteiger charge is 2.27. The molecule has 0 unspecified atom stereocenters. The molecule has 0 aromatic heterocycles. The molecule has 5 rings (SSSR count). The van der Waals surface area contributed by atoms with Gasteiger partial charge in [-0.15, -0.1) is 0 Å². The van der Waals surface area contributed by atoms with Crippen molar-refractivity contribution in [3.05, 3.63) is 114 Å². The number of hydrogen-bond donors (Lipinski definition) is 1. The summed E-state index contributed by atoms with van der Waals surface area (Å²) in [4.78, 5) is 17.1. The zero-order valence-electron chi connectivity index (χ0n) is 18.4. The molecular formula is C28H23N3O2S. The highest BCUT2D eigenvalue weighted by molar-refractivity contribution is 7.99. The highest BCUT2D eigenvalue weighted by Crippen LogP contribution is 2.47. The van der Waals surface area contributed by atoms with Crippen LogP contribution in [0.25, 0.3) is 0 Å². The number of benzene rings is 4. The van der Waals surface area contributed by atoms with Crippen LogP contribution >= 0.6 is 11.8 Å². The Balaban J connectivity index is 1.22. The summed E-state index contributed by atoms with van der Waals surface area (Å²) in [6, 6.07) is 33.6. The van der Waals surface area contributed by atoms with Gasteiger partial charge >= 0.3 is 0 Å². The average Bonchev–Trinajstić information content (AvgIpc) is 2.89.